The van der Waals surface area contributed by atoms with Crippen molar-refractivity contribution in [1.82, 2.24) is 10.3 Å². The van der Waals surface area contributed by atoms with Crippen LogP contribution in [0.25, 0.3) is 0 Å². The second-order valence-corrected chi connectivity index (χ2v) is 5.70. The van der Waals surface area contributed by atoms with E-state index in [1.54, 1.807) is 20.8 Å². The lowest BCUT2D eigenvalue weighted by molar-refractivity contribution is 0.0528. The third kappa shape index (κ3) is 6.46. The minimum atomic E-state index is -1.20. The van der Waals surface area contributed by atoms with Crippen molar-refractivity contribution in [3.8, 4) is 11.8 Å². The van der Waals surface area contributed by atoms with Crippen molar-refractivity contribution in [2.24, 2.45) is 0 Å². The topological polar surface area (TPSA) is 88.5 Å². The average Bonchev–Trinajstić information content (AvgIpc) is 2.37. The van der Waals surface area contributed by atoms with Gasteiger partial charge in [-0.1, -0.05) is 23.4 Å². The van der Waals surface area contributed by atoms with Crippen LogP contribution >= 0.6 is 11.6 Å². The molecule has 0 saturated carbocycles. The van der Waals surface area contributed by atoms with Crippen LogP contribution in [0.4, 0.5) is 4.79 Å². The molecule has 1 heterocycles. The van der Waals surface area contributed by atoms with Gasteiger partial charge in [-0.25, -0.2) is 14.6 Å². The van der Waals surface area contributed by atoms with Gasteiger partial charge in [0.15, 0.2) is 5.69 Å². The molecule has 0 fully saturated rings. The van der Waals surface area contributed by atoms with Crippen LogP contribution in [-0.2, 0) is 4.74 Å². The number of carbonyl (C=O) groups excluding carboxylic acids is 1. The molecule has 0 aromatic carbocycles. The molecular weight excluding hydrogens is 308 g/mol. The Morgan fingerprint density at radius 2 is 2.09 bits per heavy atom. The van der Waals surface area contributed by atoms with Crippen molar-refractivity contribution in [3.63, 3.8) is 0 Å². The zero-order valence-corrected chi connectivity index (χ0v) is 13.3. The maximum Gasteiger partial charge on any atom is 0.407 e. The molecule has 0 aliphatic heterocycles. The van der Waals surface area contributed by atoms with Crippen LogP contribution in [0.3, 0.4) is 0 Å². The Morgan fingerprint density at radius 1 is 1.41 bits per heavy atom. The molecule has 0 bridgehead atoms. The first-order valence-corrected chi connectivity index (χ1v) is 6.92. The van der Waals surface area contributed by atoms with Crippen LogP contribution in [0.2, 0.25) is 5.15 Å². The molecule has 1 amide bonds. The molecule has 0 aliphatic rings. The zero-order chi connectivity index (χ0) is 16.8. The summed E-state index contributed by atoms with van der Waals surface area (Å²) in [5, 5.41) is 11.7. The van der Waals surface area contributed by atoms with E-state index in [-0.39, 0.29) is 16.4 Å². The van der Waals surface area contributed by atoms with Crippen LogP contribution in [0, 0.1) is 11.8 Å². The van der Waals surface area contributed by atoms with Gasteiger partial charge in [0.05, 0.1) is 5.56 Å². The summed E-state index contributed by atoms with van der Waals surface area (Å²) in [7, 11) is 0. The van der Waals surface area contributed by atoms with Gasteiger partial charge in [-0.3, -0.25) is 0 Å². The highest BCUT2D eigenvalue weighted by Gasteiger charge is 2.15. The molecular formula is C15H17ClN2O4. The van der Waals surface area contributed by atoms with E-state index in [4.69, 9.17) is 21.4 Å². The molecule has 1 aromatic heterocycles. The highest BCUT2D eigenvalue weighted by atomic mass is 35.5. The number of hydrogen-bond acceptors (Lipinski definition) is 4. The summed E-state index contributed by atoms with van der Waals surface area (Å²) in [6.45, 7) is 5.61. The summed E-state index contributed by atoms with van der Waals surface area (Å²) in [6.07, 6.45) is -0.172. The number of hydrogen-bond donors (Lipinski definition) is 2. The molecule has 22 heavy (non-hydrogen) atoms. The van der Waals surface area contributed by atoms with Crippen LogP contribution in [0.5, 0.6) is 0 Å². The Morgan fingerprint density at radius 3 is 2.68 bits per heavy atom. The fourth-order valence-electron chi connectivity index (χ4n) is 1.40. The number of carboxylic acids is 1. The summed E-state index contributed by atoms with van der Waals surface area (Å²) in [5.41, 5.74) is -0.476. The van der Waals surface area contributed by atoms with Crippen molar-refractivity contribution >= 4 is 23.7 Å². The lowest BCUT2D eigenvalue weighted by atomic mass is 10.2. The molecule has 118 valence electrons. The van der Waals surface area contributed by atoms with Gasteiger partial charge >= 0.3 is 12.1 Å². The van der Waals surface area contributed by atoms with E-state index in [0.29, 0.717) is 13.0 Å². The number of carbonyl (C=O) groups is 2. The van der Waals surface area contributed by atoms with Crippen LogP contribution in [0.15, 0.2) is 12.1 Å². The first-order chi connectivity index (χ1) is 10.2. The predicted octanol–water partition coefficient (Wildman–Crippen LogP) is 2.70. The van der Waals surface area contributed by atoms with Crippen LogP contribution in [0.1, 0.15) is 43.2 Å². The highest BCUT2D eigenvalue weighted by molar-refractivity contribution is 6.29. The van der Waals surface area contributed by atoms with Crippen molar-refractivity contribution in [2.45, 2.75) is 32.8 Å². The SMILES string of the molecule is CC(C)(C)OC(=O)NCCC#Cc1ccc(Cl)nc1C(=O)O. The van der Waals surface area contributed by atoms with Gasteiger partial charge in [0.2, 0.25) is 0 Å². The van der Waals surface area contributed by atoms with E-state index in [1.165, 1.54) is 12.1 Å². The van der Waals surface area contributed by atoms with E-state index in [1.807, 2.05) is 0 Å². The Balaban J connectivity index is 2.55. The minimum absolute atomic E-state index is 0.0922. The second kappa shape index (κ2) is 7.66. The average molecular weight is 325 g/mol. The molecule has 1 aromatic rings. The lowest BCUT2D eigenvalue weighted by Gasteiger charge is -2.19. The standard InChI is InChI=1S/C15H17ClN2O4/c1-15(2,3)22-14(21)17-9-5-4-6-10-7-8-11(16)18-12(10)13(19)20/h7-8H,5,9H2,1-3H3,(H,17,21)(H,19,20). The number of ether oxygens (including phenoxy) is 1. The number of rotatable bonds is 3. The van der Waals surface area contributed by atoms with Crippen molar-refractivity contribution < 1.29 is 19.4 Å². The number of amides is 1. The number of aromatic carboxylic acids is 1. The Bertz CT molecular complexity index is 627. The molecule has 0 spiro atoms. The molecule has 0 unspecified atom stereocenters. The monoisotopic (exact) mass is 324 g/mol. The van der Waals surface area contributed by atoms with E-state index < -0.39 is 17.7 Å². The molecule has 0 atom stereocenters. The van der Waals surface area contributed by atoms with Crippen LogP contribution in [-0.4, -0.2) is 34.3 Å². The molecule has 0 aliphatic carbocycles. The maximum atomic E-state index is 11.4. The first-order valence-electron chi connectivity index (χ1n) is 6.54. The van der Waals surface area contributed by atoms with Gasteiger partial charge in [0.1, 0.15) is 10.8 Å². The number of carboxylic acid groups (broad SMARTS) is 1. The van der Waals surface area contributed by atoms with E-state index >= 15 is 0 Å². The molecule has 0 saturated heterocycles. The predicted molar refractivity (Wildman–Crippen MR) is 81.9 cm³/mol. The Labute approximate surface area is 133 Å². The highest BCUT2D eigenvalue weighted by Crippen LogP contribution is 2.10. The number of pyridine rings is 1. The molecule has 7 heteroatoms. The second-order valence-electron chi connectivity index (χ2n) is 5.32. The fourth-order valence-corrected chi connectivity index (χ4v) is 1.55. The maximum absolute atomic E-state index is 11.4. The van der Waals surface area contributed by atoms with E-state index in [0.717, 1.165) is 0 Å². The number of aromatic nitrogens is 1. The van der Waals surface area contributed by atoms with Crippen molar-refractivity contribution in [3.05, 3.63) is 28.5 Å². The Kier molecular flexibility index (Phi) is 6.20. The summed E-state index contributed by atoms with van der Waals surface area (Å²) in [6, 6.07) is 2.96. The quantitative estimate of drug-likeness (QED) is 0.507. The smallest absolute Gasteiger partial charge is 0.407 e. The normalized spacial score (nSPS) is 10.4. The van der Waals surface area contributed by atoms with Gasteiger partial charge in [-0.05, 0) is 32.9 Å². The summed E-state index contributed by atoms with van der Waals surface area (Å²) < 4.78 is 5.07. The lowest BCUT2D eigenvalue weighted by Crippen LogP contribution is -2.32. The molecule has 0 radical (unpaired) electrons. The zero-order valence-electron chi connectivity index (χ0n) is 12.6. The Hall–Kier alpha value is -2.26. The summed E-state index contributed by atoms with van der Waals surface area (Å²) >= 11 is 5.65. The number of nitrogens with one attached hydrogen (secondary N) is 1. The van der Waals surface area contributed by atoms with Crippen LogP contribution < -0.4 is 5.32 Å². The first kappa shape index (κ1) is 17.8. The summed E-state index contributed by atoms with van der Waals surface area (Å²) in [5.74, 6) is 4.27. The van der Waals surface area contributed by atoms with Gasteiger partial charge < -0.3 is 15.2 Å². The molecule has 6 nitrogen and oxygen atoms in total. The molecule has 1 rings (SSSR count). The van der Waals surface area contributed by atoms with Gasteiger partial charge in [0.25, 0.3) is 0 Å². The number of alkyl carbamates (subject to hydrolysis) is 1. The van der Waals surface area contributed by atoms with Crippen molar-refractivity contribution in [1.29, 1.82) is 0 Å². The number of halogens is 1. The van der Waals surface area contributed by atoms with Gasteiger partial charge in [-0.15, -0.1) is 0 Å². The summed E-state index contributed by atoms with van der Waals surface area (Å²) in [4.78, 5) is 26.1. The molecule has 2 N–H and O–H groups in total. The van der Waals surface area contributed by atoms with Gasteiger partial charge in [-0.2, -0.15) is 0 Å². The number of nitrogens with zero attached hydrogens (tertiary/aromatic N) is 1. The van der Waals surface area contributed by atoms with E-state index in [2.05, 4.69) is 22.1 Å². The minimum Gasteiger partial charge on any atom is -0.476 e. The van der Waals surface area contributed by atoms with E-state index in [9.17, 15) is 9.59 Å². The third-order valence-electron chi connectivity index (χ3n) is 2.21. The fraction of sp³-hybridized carbons (Fsp3) is 0.400. The third-order valence-corrected chi connectivity index (χ3v) is 2.42. The van der Waals surface area contributed by atoms with Gasteiger partial charge in [0, 0.05) is 13.0 Å². The van der Waals surface area contributed by atoms with Crippen molar-refractivity contribution in [2.75, 3.05) is 6.54 Å². The largest absolute Gasteiger partial charge is 0.476 e.